The van der Waals surface area contributed by atoms with Crippen molar-refractivity contribution >= 4 is 11.9 Å². The summed E-state index contributed by atoms with van der Waals surface area (Å²) in [5, 5.41) is 0. The second-order valence-corrected chi connectivity index (χ2v) is 7.25. The molecule has 0 heterocycles. The van der Waals surface area contributed by atoms with Gasteiger partial charge in [-0.05, 0) is 46.5 Å². The summed E-state index contributed by atoms with van der Waals surface area (Å²) in [5.41, 5.74) is 0.996. The van der Waals surface area contributed by atoms with E-state index >= 15 is 0 Å². The quantitative estimate of drug-likeness (QED) is 0.267. The molecule has 0 aromatic heterocycles. The van der Waals surface area contributed by atoms with Crippen LogP contribution in [0.3, 0.4) is 0 Å². The molecule has 31 heavy (non-hydrogen) atoms. The van der Waals surface area contributed by atoms with Crippen LogP contribution < -0.4 is 9.47 Å². The minimum Gasteiger partial charge on any atom is -0.425 e. The number of benzene rings is 4. The molecule has 4 heteroatoms. The van der Waals surface area contributed by atoms with E-state index in [1.54, 1.807) is 60.7 Å². The Hall–Kier alpha value is -4.18. The van der Waals surface area contributed by atoms with Crippen LogP contribution >= 0.6 is 0 Å². The van der Waals surface area contributed by atoms with Crippen molar-refractivity contribution in [1.29, 1.82) is 0 Å². The molecule has 0 fully saturated rings. The molecule has 0 amide bonds. The number of hydrogen-bond acceptors (Lipinski definition) is 4. The molecule has 4 aromatic rings. The molecule has 0 spiro atoms. The van der Waals surface area contributed by atoms with Gasteiger partial charge in [-0.15, -0.1) is 0 Å². The number of carbonyl (C=O) groups is 2. The summed E-state index contributed by atoms with van der Waals surface area (Å²) in [7, 11) is 0. The first-order chi connectivity index (χ1) is 15.2. The average Bonchev–Trinajstić information content (AvgIpc) is 3.12. The summed E-state index contributed by atoms with van der Waals surface area (Å²) >= 11 is 0. The lowest BCUT2D eigenvalue weighted by Gasteiger charge is -2.27. The molecule has 0 saturated carbocycles. The molecule has 1 aliphatic rings. The molecule has 4 nitrogen and oxygen atoms in total. The van der Waals surface area contributed by atoms with Crippen LogP contribution in [0.5, 0.6) is 11.5 Å². The Bertz CT molecular complexity index is 1160. The zero-order chi connectivity index (χ0) is 21.3. The SMILES string of the molecule is O=C(Oc1ccccc1)C1(C(=O)Oc2ccccc2)c2ccccc2-c2ccccc21. The normalized spacial score (nSPS) is 13.0. The fourth-order valence-corrected chi connectivity index (χ4v) is 4.10. The van der Waals surface area contributed by atoms with Gasteiger partial charge in [0.15, 0.2) is 0 Å². The highest BCUT2D eigenvalue weighted by molar-refractivity contribution is 6.16. The third-order valence-corrected chi connectivity index (χ3v) is 5.47. The van der Waals surface area contributed by atoms with E-state index in [-0.39, 0.29) is 0 Å². The van der Waals surface area contributed by atoms with Gasteiger partial charge >= 0.3 is 11.9 Å². The van der Waals surface area contributed by atoms with Crippen LogP contribution in [0, 0.1) is 0 Å². The number of hydrogen-bond donors (Lipinski definition) is 0. The Balaban J connectivity index is 1.70. The van der Waals surface area contributed by atoms with Crippen molar-refractivity contribution in [3.05, 3.63) is 120 Å². The molecule has 0 N–H and O–H groups in total. The van der Waals surface area contributed by atoms with E-state index in [2.05, 4.69) is 0 Å². The summed E-state index contributed by atoms with van der Waals surface area (Å²) < 4.78 is 11.5. The Kier molecular flexibility index (Phi) is 4.60. The fourth-order valence-electron chi connectivity index (χ4n) is 4.10. The van der Waals surface area contributed by atoms with E-state index in [0.717, 1.165) is 11.1 Å². The second kappa shape index (κ2) is 7.58. The van der Waals surface area contributed by atoms with Crippen LogP contribution in [0.15, 0.2) is 109 Å². The number of ether oxygens (including phenoxy) is 2. The predicted octanol–water partition coefficient (Wildman–Crippen LogP) is 5.16. The average molecular weight is 406 g/mol. The summed E-state index contributed by atoms with van der Waals surface area (Å²) in [5.74, 6) is -0.670. The minimum absolute atomic E-state index is 0.362. The Morgan fingerprint density at radius 1 is 0.484 bits per heavy atom. The molecule has 0 unspecified atom stereocenters. The van der Waals surface area contributed by atoms with Gasteiger partial charge in [-0.3, -0.25) is 0 Å². The highest BCUT2D eigenvalue weighted by Gasteiger charge is 2.58. The largest absolute Gasteiger partial charge is 0.425 e. The van der Waals surface area contributed by atoms with E-state index in [1.165, 1.54) is 0 Å². The first kappa shape index (κ1) is 18.8. The number of fused-ring (bicyclic) bond motifs is 3. The standard InChI is InChI=1S/C27H18O4/c28-25(30-19-11-3-1-4-12-19)27(26(29)31-20-13-5-2-6-14-20)23-17-9-7-15-21(23)22-16-8-10-18-24(22)27/h1-18H. The van der Waals surface area contributed by atoms with Gasteiger partial charge < -0.3 is 9.47 Å². The van der Waals surface area contributed by atoms with Gasteiger partial charge in [-0.25, -0.2) is 9.59 Å². The lowest BCUT2D eigenvalue weighted by Crippen LogP contribution is -2.48. The minimum atomic E-state index is -1.74. The summed E-state index contributed by atoms with van der Waals surface area (Å²) in [6.45, 7) is 0. The molecule has 0 bridgehead atoms. The molecule has 4 aromatic carbocycles. The van der Waals surface area contributed by atoms with Gasteiger partial charge in [0.1, 0.15) is 11.5 Å². The number of para-hydroxylation sites is 2. The Morgan fingerprint density at radius 2 is 0.839 bits per heavy atom. The van der Waals surface area contributed by atoms with Crippen LogP contribution in [0.25, 0.3) is 11.1 Å². The van der Waals surface area contributed by atoms with Gasteiger partial charge in [0.25, 0.3) is 0 Å². The van der Waals surface area contributed by atoms with Crippen LogP contribution in [0.1, 0.15) is 11.1 Å². The molecule has 0 radical (unpaired) electrons. The van der Waals surface area contributed by atoms with Gasteiger partial charge in [0, 0.05) is 0 Å². The van der Waals surface area contributed by atoms with Crippen LogP contribution in [0.2, 0.25) is 0 Å². The number of esters is 2. The number of carbonyl (C=O) groups excluding carboxylic acids is 2. The maximum Gasteiger partial charge on any atom is 0.338 e. The summed E-state index contributed by atoms with van der Waals surface area (Å²) in [6.07, 6.45) is 0. The van der Waals surface area contributed by atoms with Crippen LogP contribution in [0.4, 0.5) is 0 Å². The van der Waals surface area contributed by atoms with E-state index in [9.17, 15) is 9.59 Å². The second-order valence-electron chi connectivity index (χ2n) is 7.25. The van der Waals surface area contributed by atoms with E-state index in [1.807, 2.05) is 48.5 Å². The summed E-state index contributed by atoms with van der Waals surface area (Å²) in [4.78, 5) is 27.5. The third-order valence-electron chi connectivity index (χ3n) is 5.47. The zero-order valence-corrected chi connectivity index (χ0v) is 16.5. The van der Waals surface area contributed by atoms with Gasteiger partial charge in [-0.2, -0.15) is 0 Å². The van der Waals surface area contributed by atoms with Crippen molar-refractivity contribution < 1.29 is 19.1 Å². The molecule has 0 atom stereocenters. The van der Waals surface area contributed by atoms with Crippen LogP contribution in [-0.2, 0) is 15.0 Å². The lowest BCUT2D eigenvalue weighted by atomic mass is 9.78. The maximum absolute atomic E-state index is 13.8. The third kappa shape index (κ3) is 3.01. The molecule has 0 aliphatic heterocycles. The molecule has 0 saturated heterocycles. The lowest BCUT2D eigenvalue weighted by molar-refractivity contribution is -0.151. The molecular weight excluding hydrogens is 388 g/mol. The van der Waals surface area contributed by atoms with Crippen molar-refractivity contribution in [1.82, 2.24) is 0 Å². The van der Waals surface area contributed by atoms with Gasteiger partial charge in [0.2, 0.25) is 5.41 Å². The monoisotopic (exact) mass is 406 g/mol. The van der Waals surface area contributed by atoms with E-state index in [4.69, 9.17) is 9.47 Å². The van der Waals surface area contributed by atoms with E-state index in [0.29, 0.717) is 22.6 Å². The van der Waals surface area contributed by atoms with Crippen molar-refractivity contribution in [2.24, 2.45) is 0 Å². The van der Waals surface area contributed by atoms with Crippen LogP contribution in [-0.4, -0.2) is 11.9 Å². The fraction of sp³-hybridized carbons (Fsp3) is 0.0370. The molecule has 5 rings (SSSR count). The van der Waals surface area contributed by atoms with Crippen molar-refractivity contribution in [2.75, 3.05) is 0 Å². The maximum atomic E-state index is 13.8. The Labute approximate surface area is 179 Å². The highest BCUT2D eigenvalue weighted by Crippen LogP contribution is 2.50. The molecular formula is C27H18O4. The van der Waals surface area contributed by atoms with Crippen molar-refractivity contribution in [2.45, 2.75) is 5.41 Å². The molecule has 150 valence electrons. The topological polar surface area (TPSA) is 52.6 Å². The Morgan fingerprint density at radius 3 is 1.26 bits per heavy atom. The smallest absolute Gasteiger partial charge is 0.338 e. The first-order valence-corrected chi connectivity index (χ1v) is 9.95. The predicted molar refractivity (Wildman–Crippen MR) is 117 cm³/mol. The summed E-state index contributed by atoms with van der Waals surface area (Å²) in [6, 6.07) is 32.2. The molecule has 1 aliphatic carbocycles. The first-order valence-electron chi connectivity index (χ1n) is 9.95. The van der Waals surface area contributed by atoms with E-state index < -0.39 is 17.4 Å². The highest BCUT2D eigenvalue weighted by atomic mass is 16.6. The van der Waals surface area contributed by atoms with Crippen molar-refractivity contribution in [3.8, 4) is 22.6 Å². The van der Waals surface area contributed by atoms with Crippen molar-refractivity contribution in [3.63, 3.8) is 0 Å². The number of rotatable bonds is 4. The zero-order valence-electron chi connectivity index (χ0n) is 16.5. The van der Waals surface area contributed by atoms with Gasteiger partial charge in [-0.1, -0.05) is 84.9 Å². The van der Waals surface area contributed by atoms with Gasteiger partial charge in [0.05, 0.1) is 0 Å².